The van der Waals surface area contributed by atoms with E-state index in [1.165, 1.54) is 4.68 Å². The summed E-state index contributed by atoms with van der Waals surface area (Å²) in [5.74, 6) is -0.808. The van der Waals surface area contributed by atoms with Crippen LogP contribution in [0.15, 0.2) is 48.8 Å². The highest BCUT2D eigenvalue weighted by molar-refractivity contribution is 5.90. The number of carbonyl (C=O) groups excluding carboxylic acids is 2. The lowest BCUT2D eigenvalue weighted by Gasteiger charge is -2.19. The van der Waals surface area contributed by atoms with Gasteiger partial charge < -0.3 is 9.47 Å². The van der Waals surface area contributed by atoms with E-state index in [9.17, 15) is 9.59 Å². The van der Waals surface area contributed by atoms with E-state index < -0.39 is 17.5 Å². The standard InChI is InChI=1S/C22H24N4O4/c1-5-29-21(28)17-8-6-16(7-9-17)20-19(15-10-12-23-13-11-15)24-25-26(20)14-18(27)30-22(2,3)4/h6-13H,5,14H2,1-4H3. The fraction of sp³-hybridized carbons (Fsp3) is 0.318. The van der Waals surface area contributed by atoms with Crippen molar-refractivity contribution in [2.75, 3.05) is 6.61 Å². The maximum Gasteiger partial charge on any atom is 0.338 e. The van der Waals surface area contributed by atoms with Crippen molar-refractivity contribution >= 4 is 11.9 Å². The molecule has 0 aliphatic carbocycles. The van der Waals surface area contributed by atoms with Gasteiger partial charge in [0.25, 0.3) is 0 Å². The first-order valence-corrected chi connectivity index (χ1v) is 9.62. The lowest BCUT2D eigenvalue weighted by atomic mass is 10.0. The second-order valence-electron chi connectivity index (χ2n) is 7.56. The quantitative estimate of drug-likeness (QED) is 0.576. The van der Waals surface area contributed by atoms with Gasteiger partial charge in [0.05, 0.1) is 17.9 Å². The summed E-state index contributed by atoms with van der Waals surface area (Å²) in [5, 5.41) is 8.46. The minimum Gasteiger partial charge on any atom is -0.462 e. The molecule has 0 radical (unpaired) electrons. The number of aromatic nitrogens is 4. The fourth-order valence-corrected chi connectivity index (χ4v) is 2.89. The Balaban J connectivity index is 2.01. The Bertz CT molecular complexity index is 1020. The molecule has 0 unspecified atom stereocenters. The van der Waals surface area contributed by atoms with Crippen LogP contribution in [0.2, 0.25) is 0 Å². The Labute approximate surface area is 174 Å². The van der Waals surface area contributed by atoms with Crippen LogP contribution in [0.4, 0.5) is 0 Å². The van der Waals surface area contributed by atoms with Crippen LogP contribution in [0.1, 0.15) is 38.1 Å². The van der Waals surface area contributed by atoms with Crippen molar-refractivity contribution in [3.8, 4) is 22.5 Å². The van der Waals surface area contributed by atoms with Crippen molar-refractivity contribution in [2.24, 2.45) is 0 Å². The number of benzene rings is 1. The SMILES string of the molecule is CCOC(=O)c1ccc(-c2c(-c3ccncc3)nnn2CC(=O)OC(C)(C)C)cc1. The van der Waals surface area contributed by atoms with Gasteiger partial charge in [0.2, 0.25) is 0 Å². The van der Waals surface area contributed by atoms with Crippen LogP contribution in [0.5, 0.6) is 0 Å². The second kappa shape index (κ2) is 8.86. The molecule has 0 spiro atoms. The molecule has 0 fully saturated rings. The molecule has 3 rings (SSSR count). The van der Waals surface area contributed by atoms with Gasteiger partial charge in [-0.1, -0.05) is 17.3 Å². The average Bonchev–Trinajstić information content (AvgIpc) is 3.11. The summed E-state index contributed by atoms with van der Waals surface area (Å²) in [6.07, 6.45) is 3.33. The molecule has 0 aliphatic heterocycles. The number of hydrogen-bond acceptors (Lipinski definition) is 7. The van der Waals surface area contributed by atoms with E-state index in [0.29, 0.717) is 23.6 Å². The zero-order chi connectivity index (χ0) is 21.7. The van der Waals surface area contributed by atoms with E-state index in [-0.39, 0.29) is 6.54 Å². The van der Waals surface area contributed by atoms with Crippen LogP contribution in [-0.4, -0.2) is 44.1 Å². The molecule has 0 saturated heterocycles. The van der Waals surface area contributed by atoms with Gasteiger partial charge in [-0.2, -0.15) is 0 Å². The zero-order valence-corrected chi connectivity index (χ0v) is 17.5. The largest absolute Gasteiger partial charge is 0.462 e. The Morgan fingerprint density at radius 2 is 1.67 bits per heavy atom. The molecule has 8 nitrogen and oxygen atoms in total. The summed E-state index contributed by atoms with van der Waals surface area (Å²) in [5.41, 5.74) is 2.64. The van der Waals surface area contributed by atoms with Gasteiger partial charge in [0, 0.05) is 23.5 Å². The Morgan fingerprint density at radius 3 is 2.27 bits per heavy atom. The van der Waals surface area contributed by atoms with E-state index in [1.807, 2.05) is 32.9 Å². The van der Waals surface area contributed by atoms with Gasteiger partial charge in [-0.05, 0) is 52.0 Å². The third-order valence-electron chi connectivity index (χ3n) is 4.06. The van der Waals surface area contributed by atoms with E-state index in [1.54, 1.807) is 43.6 Å². The average molecular weight is 408 g/mol. The van der Waals surface area contributed by atoms with Gasteiger partial charge in [0.15, 0.2) is 0 Å². The number of pyridine rings is 1. The van der Waals surface area contributed by atoms with Gasteiger partial charge in [-0.25, -0.2) is 9.48 Å². The van der Waals surface area contributed by atoms with E-state index >= 15 is 0 Å². The highest BCUT2D eigenvalue weighted by Crippen LogP contribution is 2.30. The first-order valence-electron chi connectivity index (χ1n) is 9.62. The third kappa shape index (κ3) is 5.08. The Kier molecular flexibility index (Phi) is 6.25. The van der Waals surface area contributed by atoms with Crippen molar-refractivity contribution in [1.82, 2.24) is 20.0 Å². The van der Waals surface area contributed by atoms with E-state index in [0.717, 1.165) is 11.1 Å². The maximum absolute atomic E-state index is 12.4. The predicted molar refractivity (Wildman–Crippen MR) is 110 cm³/mol. The molecule has 2 aromatic heterocycles. The summed E-state index contributed by atoms with van der Waals surface area (Å²) in [6.45, 7) is 7.40. The van der Waals surface area contributed by atoms with Crippen molar-refractivity contribution < 1.29 is 19.1 Å². The molecule has 0 N–H and O–H groups in total. The molecule has 2 heterocycles. The summed E-state index contributed by atoms with van der Waals surface area (Å²) < 4.78 is 12.0. The van der Waals surface area contributed by atoms with Crippen LogP contribution in [-0.2, 0) is 20.8 Å². The van der Waals surface area contributed by atoms with Crippen molar-refractivity contribution in [1.29, 1.82) is 0 Å². The topological polar surface area (TPSA) is 96.2 Å². The van der Waals surface area contributed by atoms with Crippen LogP contribution in [0, 0.1) is 0 Å². The summed E-state index contributed by atoms with van der Waals surface area (Å²) in [7, 11) is 0. The minimum atomic E-state index is -0.604. The van der Waals surface area contributed by atoms with Gasteiger partial charge in [-0.3, -0.25) is 9.78 Å². The molecular weight excluding hydrogens is 384 g/mol. The predicted octanol–water partition coefficient (Wildman–Crippen LogP) is 3.53. The number of nitrogens with zero attached hydrogens (tertiary/aromatic N) is 4. The monoisotopic (exact) mass is 408 g/mol. The Hall–Kier alpha value is -3.55. The first-order chi connectivity index (χ1) is 14.3. The van der Waals surface area contributed by atoms with Crippen LogP contribution in [0.25, 0.3) is 22.5 Å². The maximum atomic E-state index is 12.4. The van der Waals surface area contributed by atoms with Gasteiger partial charge in [-0.15, -0.1) is 5.10 Å². The minimum absolute atomic E-state index is 0.0929. The van der Waals surface area contributed by atoms with Gasteiger partial charge >= 0.3 is 11.9 Å². The summed E-state index contributed by atoms with van der Waals surface area (Å²) in [6, 6.07) is 10.5. The molecule has 0 bridgehead atoms. The molecule has 3 aromatic rings. The second-order valence-corrected chi connectivity index (χ2v) is 7.56. The number of carbonyl (C=O) groups is 2. The molecule has 0 amide bonds. The highest BCUT2D eigenvalue weighted by Gasteiger charge is 2.22. The highest BCUT2D eigenvalue weighted by atomic mass is 16.6. The third-order valence-corrected chi connectivity index (χ3v) is 4.06. The van der Waals surface area contributed by atoms with Crippen molar-refractivity contribution in [3.63, 3.8) is 0 Å². The van der Waals surface area contributed by atoms with Gasteiger partial charge in [0.1, 0.15) is 17.8 Å². The smallest absolute Gasteiger partial charge is 0.338 e. The normalized spacial score (nSPS) is 11.2. The Morgan fingerprint density at radius 1 is 1.00 bits per heavy atom. The molecular formula is C22H24N4O4. The first kappa shape index (κ1) is 21.2. The van der Waals surface area contributed by atoms with Crippen molar-refractivity contribution in [2.45, 2.75) is 39.8 Å². The summed E-state index contributed by atoms with van der Waals surface area (Å²) >= 11 is 0. The fourth-order valence-electron chi connectivity index (χ4n) is 2.89. The molecule has 0 saturated carbocycles. The molecule has 30 heavy (non-hydrogen) atoms. The van der Waals surface area contributed by atoms with E-state index in [4.69, 9.17) is 9.47 Å². The summed E-state index contributed by atoms with van der Waals surface area (Å²) in [4.78, 5) is 28.4. The molecule has 0 aliphatic rings. The van der Waals surface area contributed by atoms with Crippen molar-refractivity contribution in [3.05, 3.63) is 54.4 Å². The molecule has 8 heteroatoms. The number of ether oxygens (including phenoxy) is 2. The zero-order valence-electron chi connectivity index (χ0n) is 17.5. The van der Waals surface area contributed by atoms with Crippen LogP contribution in [0.3, 0.4) is 0 Å². The lowest BCUT2D eigenvalue weighted by molar-refractivity contribution is -0.155. The molecule has 156 valence electrons. The molecule has 1 aromatic carbocycles. The number of rotatable bonds is 6. The number of hydrogen-bond donors (Lipinski definition) is 0. The lowest BCUT2D eigenvalue weighted by Crippen LogP contribution is -2.27. The number of esters is 2. The molecule has 0 atom stereocenters. The van der Waals surface area contributed by atoms with Crippen LogP contribution < -0.4 is 0 Å². The van der Waals surface area contributed by atoms with E-state index in [2.05, 4.69) is 15.3 Å². The van der Waals surface area contributed by atoms with Crippen LogP contribution >= 0.6 is 0 Å².